The quantitative estimate of drug-likeness (QED) is 0.878. The second kappa shape index (κ2) is 6.82. The minimum absolute atomic E-state index is 0.159. The van der Waals surface area contributed by atoms with E-state index in [1.807, 2.05) is 30.3 Å². The molecule has 7 heteroatoms. The first-order valence-electron chi connectivity index (χ1n) is 8.96. The van der Waals surface area contributed by atoms with Crippen molar-refractivity contribution in [2.45, 2.75) is 19.3 Å². The fourth-order valence-corrected chi connectivity index (χ4v) is 3.75. The van der Waals surface area contributed by atoms with Crippen molar-refractivity contribution in [1.82, 2.24) is 15.3 Å². The molecule has 26 heavy (non-hydrogen) atoms. The molecule has 4 rings (SSSR count). The van der Waals surface area contributed by atoms with Crippen LogP contribution in [0.3, 0.4) is 0 Å². The first-order chi connectivity index (χ1) is 12.7. The molecule has 2 aliphatic heterocycles. The number of rotatable bonds is 4. The Morgan fingerprint density at radius 1 is 1.15 bits per heavy atom. The fourth-order valence-electron chi connectivity index (χ4n) is 3.75. The SMILES string of the molecule is COc1ccc(Nc2nccc(N3CCC4(CCNC4=O)CC3)n2)cc1. The molecular formula is C19H23N5O2. The zero-order chi connectivity index (χ0) is 18.0. The molecule has 1 spiro atoms. The average Bonchev–Trinajstić information content (AvgIpc) is 3.03. The molecule has 2 aliphatic rings. The Bertz CT molecular complexity index is 785. The lowest BCUT2D eigenvalue weighted by Gasteiger charge is -2.37. The summed E-state index contributed by atoms with van der Waals surface area (Å²) in [5.41, 5.74) is 0.747. The van der Waals surface area contributed by atoms with Crippen LogP contribution in [0.15, 0.2) is 36.5 Å². The molecule has 2 fully saturated rings. The predicted molar refractivity (Wildman–Crippen MR) is 99.8 cm³/mol. The van der Waals surface area contributed by atoms with Gasteiger partial charge in [0.25, 0.3) is 0 Å². The number of benzene rings is 1. The normalized spacial score (nSPS) is 18.7. The van der Waals surface area contributed by atoms with E-state index in [-0.39, 0.29) is 11.3 Å². The number of nitrogens with one attached hydrogen (secondary N) is 2. The molecule has 7 nitrogen and oxygen atoms in total. The van der Waals surface area contributed by atoms with Crippen molar-refractivity contribution in [3.63, 3.8) is 0 Å². The van der Waals surface area contributed by atoms with Crippen LogP contribution >= 0.6 is 0 Å². The third-order valence-corrected chi connectivity index (χ3v) is 5.40. The number of hydrogen-bond acceptors (Lipinski definition) is 6. The van der Waals surface area contributed by atoms with Gasteiger partial charge in [-0.25, -0.2) is 4.98 Å². The molecule has 1 aromatic heterocycles. The lowest BCUT2D eigenvalue weighted by Crippen LogP contribution is -2.44. The van der Waals surface area contributed by atoms with E-state index >= 15 is 0 Å². The summed E-state index contributed by atoms with van der Waals surface area (Å²) in [6.07, 6.45) is 4.47. The molecule has 0 unspecified atom stereocenters. The number of nitrogens with zero attached hydrogens (tertiary/aromatic N) is 3. The van der Waals surface area contributed by atoms with Crippen molar-refractivity contribution in [3.8, 4) is 5.75 Å². The van der Waals surface area contributed by atoms with Crippen LogP contribution in [0.5, 0.6) is 5.75 Å². The molecule has 0 radical (unpaired) electrons. The molecule has 3 heterocycles. The fraction of sp³-hybridized carbons (Fsp3) is 0.421. The smallest absolute Gasteiger partial charge is 0.229 e. The Balaban J connectivity index is 1.43. The van der Waals surface area contributed by atoms with Gasteiger partial charge in [0, 0.05) is 31.5 Å². The highest BCUT2D eigenvalue weighted by atomic mass is 16.5. The molecule has 2 N–H and O–H groups in total. The van der Waals surface area contributed by atoms with E-state index in [1.54, 1.807) is 13.3 Å². The molecule has 2 aromatic rings. The van der Waals surface area contributed by atoms with Crippen molar-refractivity contribution >= 4 is 23.4 Å². The Labute approximate surface area is 152 Å². The van der Waals surface area contributed by atoms with Crippen LogP contribution in [-0.4, -0.2) is 42.6 Å². The summed E-state index contributed by atoms with van der Waals surface area (Å²) < 4.78 is 5.17. The summed E-state index contributed by atoms with van der Waals surface area (Å²) in [5.74, 6) is 2.49. The van der Waals surface area contributed by atoms with E-state index in [2.05, 4.69) is 25.5 Å². The second-order valence-corrected chi connectivity index (χ2v) is 6.87. The molecule has 0 atom stereocenters. The van der Waals surface area contributed by atoms with E-state index in [9.17, 15) is 4.79 Å². The van der Waals surface area contributed by atoms with Crippen LogP contribution in [0.1, 0.15) is 19.3 Å². The lowest BCUT2D eigenvalue weighted by molar-refractivity contribution is -0.128. The highest BCUT2D eigenvalue weighted by Gasteiger charge is 2.44. The summed E-state index contributed by atoms with van der Waals surface area (Å²) >= 11 is 0. The molecule has 1 amide bonds. The largest absolute Gasteiger partial charge is 0.497 e. The van der Waals surface area contributed by atoms with E-state index in [0.29, 0.717) is 5.95 Å². The number of carbonyl (C=O) groups excluding carboxylic acids is 1. The molecule has 136 valence electrons. The van der Waals surface area contributed by atoms with E-state index < -0.39 is 0 Å². The zero-order valence-corrected chi connectivity index (χ0v) is 14.9. The van der Waals surface area contributed by atoms with Gasteiger partial charge < -0.3 is 20.3 Å². The third kappa shape index (κ3) is 3.16. The van der Waals surface area contributed by atoms with Crippen molar-refractivity contribution < 1.29 is 9.53 Å². The standard InChI is InChI=1S/C19H23N5O2/c1-26-15-4-2-14(3-5-15)22-18-21-10-6-16(23-18)24-12-8-19(9-13-24)7-11-20-17(19)25/h2-6,10H,7-9,11-13H2,1H3,(H,20,25)(H,21,22,23). The van der Waals surface area contributed by atoms with Gasteiger partial charge in [0.15, 0.2) is 0 Å². The minimum Gasteiger partial charge on any atom is -0.497 e. The number of amides is 1. The van der Waals surface area contributed by atoms with Crippen LogP contribution < -0.4 is 20.3 Å². The van der Waals surface area contributed by atoms with Crippen molar-refractivity contribution in [1.29, 1.82) is 0 Å². The van der Waals surface area contributed by atoms with E-state index in [0.717, 1.165) is 56.2 Å². The third-order valence-electron chi connectivity index (χ3n) is 5.40. The van der Waals surface area contributed by atoms with Gasteiger partial charge in [-0.05, 0) is 49.6 Å². The van der Waals surface area contributed by atoms with Crippen molar-refractivity contribution in [3.05, 3.63) is 36.5 Å². The van der Waals surface area contributed by atoms with Crippen LogP contribution in [0.2, 0.25) is 0 Å². The van der Waals surface area contributed by atoms with E-state index in [4.69, 9.17) is 4.74 Å². The first kappa shape index (κ1) is 16.6. The van der Waals surface area contributed by atoms with Gasteiger partial charge in [-0.1, -0.05) is 0 Å². The van der Waals surface area contributed by atoms with Crippen molar-refractivity contribution in [2.75, 3.05) is 37.0 Å². The number of anilines is 3. The number of hydrogen-bond donors (Lipinski definition) is 2. The maximum Gasteiger partial charge on any atom is 0.229 e. The molecule has 0 bridgehead atoms. The van der Waals surface area contributed by atoms with Gasteiger partial charge in [-0.3, -0.25) is 4.79 Å². The molecule has 0 saturated carbocycles. The number of aromatic nitrogens is 2. The highest BCUT2D eigenvalue weighted by molar-refractivity contribution is 5.85. The Hall–Kier alpha value is -2.83. The van der Waals surface area contributed by atoms with Crippen molar-refractivity contribution in [2.24, 2.45) is 5.41 Å². The Morgan fingerprint density at radius 2 is 1.92 bits per heavy atom. The number of piperidine rings is 1. The van der Waals surface area contributed by atoms with Gasteiger partial charge in [0.2, 0.25) is 11.9 Å². The summed E-state index contributed by atoms with van der Waals surface area (Å²) in [6.45, 7) is 2.49. The molecule has 0 aliphatic carbocycles. The maximum absolute atomic E-state index is 12.1. The maximum atomic E-state index is 12.1. The molecule has 2 saturated heterocycles. The Kier molecular flexibility index (Phi) is 4.36. The minimum atomic E-state index is -0.159. The zero-order valence-electron chi connectivity index (χ0n) is 14.9. The van der Waals surface area contributed by atoms with Crippen LogP contribution in [0.25, 0.3) is 0 Å². The van der Waals surface area contributed by atoms with Crippen LogP contribution in [0.4, 0.5) is 17.5 Å². The summed E-state index contributed by atoms with van der Waals surface area (Å²) in [6, 6.07) is 9.56. The van der Waals surface area contributed by atoms with Gasteiger partial charge in [-0.15, -0.1) is 0 Å². The number of methoxy groups -OCH3 is 1. The highest BCUT2D eigenvalue weighted by Crippen LogP contribution is 2.38. The summed E-state index contributed by atoms with van der Waals surface area (Å²) in [4.78, 5) is 23.3. The van der Waals surface area contributed by atoms with Crippen LogP contribution in [0, 0.1) is 5.41 Å². The molecule has 1 aromatic carbocycles. The van der Waals surface area contributed by atoms with Gasteiger partial charge in [0.1, 0.15) is 11.6 Å². The predicted octanol–water partition coefficient (Wildman–Crippen LogP) is 2.34. The van der Waals surface area contributed by atoms with Crippen LogP contribution in [-0.2, 0) is 4.79 Å². The van der Waals surface area contributed by atoms with Gasteiger partial charge in [-0.2, -0.15) is 4.98 Å². The van der Waals surface area contributed by atoms with Gasteiger partial charge in [0.05, 0.1) is 12.5 Å². The molecular weight excluding hydrogens is 330 g/mol. The number of carbonyl (C=O) groups is 1. The first-order valence-corrected chi connectivity index (χ1v) is 8.96. The second-order valence-electron chi connectivity index (χ2n) is 6.87. The van der Waals surface area contributed by atoms with Gasteiger partial charge >= 0.3 is 0 Å². The monoisotopic (exact) mass is 353 g/mol. The summed E-state index contributed by atoms with van der Waals surface area (Å²) in [7, 11) is 1.65. The Morgan fingerprint density at radius 3 is 2.58 bits per heavy atom. The topological polar surface area (TPSA) is 79.4 Å². The number of ether oxygens (including phenoxy) is 1. The van der Waals surface area contributed by atoms with E-state index in [1.165, 1.54) is 0 Å². The lowest BCUT2D eigenvalue weighted by atomic mass is 9.77. The summed E-state index contributed by atoms with van der Waals surface area (Å²) in [5, 5.41) is 6.20. The average molecular weight is 353 g/mol.